The predicted octanol–water partition coefficient (Wildman–Crippen LogP) is 3.10. The molecule has 1 aliphatic carbocycles. The number of ether oxygens (including phenoxy) is 1. The summed E-state index contributed by atoms with van der Waals surface area (Å²) in [6.07, 6.45) is -2.24. The normalized spacial score (nSPS) is 14.5. The second-order valence-corrected chi connectivity index (χ2v) is 6.72. The molecule has 1 heterocycles. The van der Waals surface area contributed by atoms with E-state index in [0.29, 0.717) is 9.88 Å². The van der Waals surface area contributed by atoms with Crippen molar-refractivity contribution in [3.8, 4) is 0 Å². The van der Waals surface area contributed by atoms with Gasteiger partial charge in [-0.2, -0.15) is 13.2 Å². The number of hydrogen-bond donors (Lipinski definition) is 2. The van der Waals surface area contributed by atoms with Crippen molar-refractivity contribution in [2.45, 2.75) is 32.4 Å². The Morgan fingerprint density at radius 1 is 1.38 bits per heavy atom. The van der Waals surface area contributed by atoms with E-state index in [1.165, 1.54) is 11.3 Å². The Kier molecular flexibility index (Phi) is 6.22. The molecule has 24 heavy (non-hydrogen) atoms. The lowest BCUT2D eigenvalue weighted by atomic mass is 10.2. The number of hydrogen-bond acceptors (Lipinski definition) is 4. The fourth-order valence-electron chi connectivity index (χ4n) is 1.98. The molecule has 1 fully saturated rings. The molecule has 2 N–H and O–H groups in total. The van der Waals surface area contributed by atoms with E-state index in [0.717, 1.165) is 18.4 Å². The van der Waals surface area contributed by atoms with E-state index in [4.69, 9.17) is 0 Å². The van der Waals surface area contributed by atoms with E-state index in [1.807, 2.05) is 0 Å². The third kappa shape index (κ3) is 6.12. The SMILES string of the molecule is Cc1cc(NC(=O)C2CC2)sc1C(=O)NCCCOCC(F)(F)F. The first-order valence-electron chi connectivity index (χ1n) is 7.60. The summed E-state index contributed by atoms with van der Waals surface area (Å²) >= 11 is 1.19. The molecule has 0 aliphatic heterocycles. The number of carbonyl (C=O) groups excluding carboxylic acids is 2. The van der Waals surface area contributed by atoms with Gasteiger partial charge in [0.15, 0.2) is 0 Å². The number of nitrogens with one attached hydrogen (secondary N) is 2. The molecule has 134 valence electrons. The third-order valence-electron chi connectivity index (χ3n) is 3.34. The van der Waals surface area contributed by atoms with Gasteiger partial charge in [-0.1, -0.05) is 0 Å². The molecule has 0 atom stereocenters. The Morgan fingerprint density at radius 3 is 2.71 bits per heavy atom. The first-order valence-corrected chi connectivity index (χ1v) is 8.42. The van der Waals surface area contributed by atoms with Crippen molar-refractivity contribution in [3.63, 3.8) is 0 Å². The van der Waals surface area contributed by atoms with Gasteiger partial charge in [-0.15, -0.1) is 11.3 Å². The fraction of sp³-hybridized carbons (Fsp3) is 0.600. The maximum absolute atomic E-state index is 12.1. The molecule has 0 aromatic carbocycles. The second kappa shape index (κ2) is 7.98. The summed E-state index contributed by atoms with van der Waals surface area (Å²) in [5.41, 5.74) is 0.747. The molecule has 0 bridgehead atoms. The van der Waals surface area contributed by atoms with Crippen molar-refractivity contribution in [1.29, 1.82) is 0 Å². The summed E-state index contributed by atoms with van der Waals surface area (Å²) in [6.45, 7) is 0.628. The fourth-order valence-corrected chi connectivity index (χ4v) is 2.97. The van der Waals surface area contributed by atoms with Crippen LogP contribution in [0.2, 0.25) is 0 Å². The molecule has 1 saturated carbocycles. The number of carbonyl (C=O) groups is 2. The number of thiophene rings is 1. The quantitative estimate of drug-likeness (QED) is 0.697. The summed E-state index contributed by atoms with van der Waals surface area (Å²) in [4.78, 5) is 24.3. The highest BCUT2D eigenvalue weighted by molar-refractivity contribution is 7.18. The van der Waals surface area contributed by atoms with Crippen LogP contribution in [0.15, 0.2) is 6.07 Å². The zero-order valence-electron chi connectivity index (χ0n) is 13.2. The minimum atomic E-state index is -4.33. The van der Waals surface area contributed by atoms with Crippen LogP contribution in [0, 0.1) is 12.8 Å². The van der Waals surface area contributed by atoms with Crippen molar-refractivity contribution in [1.82, 2.24) is 5.32 Å². The number of amides is 2. The lowest BCUT2D eigenvalue weighted by molar-refractivity contribution is -0.173. The molecule has 0 unspecified atom stereocenters. The summed E-state index contributed by atoms with van der Waals surface area (Å²) in [5, 5.41) is 6.06. The molecule has 2 rings (SSSR count). The second-order valence-electron chi connectivity index (χ2n) is 5.66. The van der Waals surface area contributed by atoms with Gasteiger partial charge in [0.05, 0.1) is 9.88 Å². The molecular formula is C15H19F3N2O3S. The minimum Gasteiger partial charge on any atom is -0.372 e. The topological polar surface area (TPSA) is 67.4 Å². The Hall–Kier alpha value is -1.61. The molecule has 1 aliphatic rings. The van der Waals surface area contributed by atoms with Crippen molar-refractivity contribution < 1.29 is 27.5 Å². The van der Waals surface area contributed by atoms with Gasteiger partial charge >= 0.3 is 6.18 Å². The first kappa shape index (κ1) is 18.7. The van der Waals surface area contributed by atoms with Crippen LogP contribution < -0.4 is 10.6 Å². The van der Waals surface area contributed by atoms with Crippen molar-refractivity contribution >= 4 is 28.2 Å². The molecular weight excluding hydrogens is 345 g/mol. The average molecular weight is 364 g/mol. The van der Waals surface area contributed by atoms with Crippen LogP contribution in [0.1, 0.15) is 34.5 Å². The van der Waals surface area contributed by atoms with E-state index in [2.05, 4.69) is 15.4 Å². The molecule has 1 aromatic heterocycles. The van der Waals surface area contributed by atoms with Gasteiger partial charge < -0.3 is 15.4 Å². The van der Waals surface area contributed by atoms with Gasteiger partial charge in [-0.3, -0.25) is 9.59 Å². The van der Waals surface area contributed by atoms with E-state index >= 15 is 0 Å². The monoisotopic (exact) mass is 364 g/mol. The Balaban J connectivity index is 1.72. The molecule has 9 heteroatoms. The number of alkyl halides is 3. The smallest absolute Gasteiger partial charge is 0.372 e. The molecule has 1 aromatic rings. The van der Waals surface area contributed by atoms with Gasteiger partial charge in [0.2, 0.25) is 5.91 Å². The van der Waals surface area contributed by atoms with Crippen LogP contribution >= 0.6 is 11.3 Å². The van der Waals surface area contributed by atoms with E-state index < -0.39 is 12.8 Å². The zero-order valence-corrected chi connectivity index (χ0v) is 14.0. The molecule has 0 saturated heterocycles. The molecule has 2 amide bonds. The number of aryl methyl sites for hydroxylation is 1. The van der Waals surface area contributed by atoms with Crippen molar-refractivity contribution in [3.05, 3.63) is 16.5 Å². The minimum absolute atomic E-state index is 0.0231. The molecule has 0 spiro atoms. The summed E-state index contributed by atoms with van der Waals surface area (Å²) in [6, 6.07) is 1.74. The standard InChI is InChI=1S/C15H19F3N2O3S/c1-9-7-11(20-13(21)10-3-4-10)24-12(9)14(22)19-5-2-6-23-8-15(16,17)18/h7,10H,2-6,8H2,1H3,(H,19,22)(H,20,21). The first-order chi connectivity index (χ1) is 11.3. The highest BCUT2D eigenvalue weighted by atomic mass is 32.1. The Bertz CT molecular complexity index is 597. The Labute approximate surface area is 141 Å². The maximum Gasteiger partial charge on any atom is 0.411 e. The van der Waals surface area contributed by atoms with E-state index in [9.17, 15) is 22.8 Å². The van der Waals surface area contributed by atoms with Crippen LogP contribution in [-0.4, -0.2) is 37.7 Å². The summed E-state index contributed by atoms with van der Waals surface area (Å²) in [5.74, 6) is -0.244. The van der Waals surface area contributed by atoms with Gasteiger partial charge in [-0.25, -0.2) is 0 Å². The summed E-state index contributed by atoms with van der Waals surface area (Å²) < 4.78 is 40.1. The summed E-state index contributed by atoms with van der Waals surface area (Å²) in [7, 11) is 0. The van der Waals surface area contributed by atoms with E-state index in [1.54, 1.807) is 13.0 Å². The highest BCUT2D eigenvalue weighted by Crippen LogP contribution is 2.32. The van der Waals surface area contributed by atoms with Gasteiger partial charge in [0.25, 0.3) is 5.91 Å². The lowest BCUT2D eigenvalue weighted by Gasteiger charge is -2.08. The molecule has 5 nitrogen and oxygen atoms in total. The third-order valence-corrected chi connectivity index (χ3v) is 4.49. The van der Waals surface area contributed by atoms with Crippen molar-refractivity contribution in [2.75, 3.05) is 25.1 Å². The van der Waals surface area contributed by atoms with Gasteiger partial charge in [0, 0.05) is 19.1 Å². The number of halogens is 3. The van der Waals surface area contributed by atoms with Gasteiger partial charge in [0.1, 0.15) is 6.61 Å². The van der Waals surface area contributed by atoms with Crippen LogP contribution in [0.4, 0.5) is 18.2 Å². The maximum atomic E-state index is 12.1. The zero-order chi connectivity index (χ0) is 17.7. The molecule has 0 radical (unpaired) electrons. The number of anilines is 1. The van der Waals surface area contributed by atoms with E-state index in [-0.39, 0.29) is 37.3 Å². The van der Waals surface area contributed by atoms with Crippen LogP contribution in [0.25, 0.3) is 0 Å². The van der Waals surface area contributed by atoms with Crippen LogP contribution in [-0.2, 0) is 9.53 Å². The Morgan fingerprint density at radius 2 is 2.08 bits per heavy atom. The lowest BCUT2D eigenvalue weighted by Crippen LogP contribution is -2.25. The average Bonchev–Trinajstić information content (AvgIpc) is 3.26. The van der Waals surface area contributed by atoms with Crippen LogP contribution in [0.5, 0.6) is 0 Å². The number of rotatable bonds is 8. The largest absolute Gasteiger partial charge is 0.411 e. The highest BCUT2D eigenvalue weighted by Gasteiger charge is 2.30. The van der Waals surface area contributed by atoms with Crippen molar-refractivity contribution in [2.24, 2.45) is 5.92 Å². The van der Waals surface area contributed by atoms with Crippen LogP contribution in [0.3, 0.4) is 0 Å². The predicted molar refractivity (Wildman–Crippen MR) is 84.2 cm³/mol. The van der Waals surface area contributed by atoms with Gasteiger partial charge in [-0.05, 0) is 37.8 Å².